The van der Waals surface area contributed by atoms with Gasteiger partial charge < -0.3 is 20.1 Å². The fourth-order valence-corrected chi connectivity index (χ4v) is 3.42. The van der Waals surface area contributed by atoms with Crippen LogP contribution < -0.4 is 10.6 Å². The number of halogens is 1. The van der Waals surface area contributed by atoms with Crippen LogP contribution in [-0.2, 0) is 25.5 Å². The fourth-order valence-electron chi connectivity index (χ4n) is 3.42. The van der Waals surface area contributed by atoms with Gasteiger partial charge in [-0.15, -0.1) is 0 Å². The predicted molar refractivity (Wildman–Crippen MR) is 96.6 cm³/mol. The van der Waals surface area contributed by atoms with Crippen molar-refractivity contribution < 1.29 is 23.5 Å². The summed E-state index contributed by atoms with van der Waals surface area (Å²) in [6.07, 6.45) is 0.486. The number of benzene rings is 1. The minimum absolute atomic E-state index is 0.0512. The molecule has 0 bridgehead atoms. The second-order valence-electron chi connectivity index (χ2n) is 7.06. The van der Waals surface area contributed by atoms with Gasteiger partial charge in [-0.25, -0.2) is 4.39 Å². The highest BCUT2D eigenvalue weighted by Gasteiger charge is 2.37. The highest BCUT2D eigenvalue weighted by atomic mass is 19.1. The third kappa shape index (κ3) is 5.98. The van der Waals surface area contributed by atoms with Crippen molar-refractivity contribution in [1.82, 2.24) is 15.5 Å². The molecule has 2 aliphatic heterocycles. The smallest absolute Gasteiger partial charge is 0.234 e. The maximum atomic E-state index is 12.9. The number of rotatable bonds is 6. The van der Waals surface area contributed by atoms with Crippen LogP contribution in [0.3, 0.4) is 0 Å². The van der Waals surface area contributed by atoms with Crippen LogP contribution in [0.15, 0.2) is 24.3 Å². The predicted octanol–water partition coefficient (Wildman–Crippen LogP) is 0.0887. The van der Waals surface area contributed by atoms with Gasteiger partial charge in [0.1, 0.15) is 5.82 Å². The molecule has 148 valence electrons. The summed E-state index contributed by atoms with van der Waals surface area (Å²) in [7, 11) is 0. The summed E-state index contributed by atoms with van der Waals surface area (Å²) in [6, 6.07) is 6.15. The lowest BCUT2D eigenvalue weighted by molar-refractivity contribution is -0.122. The molecule has 1 aromatic rings. The Balaban J connectivity index is 1.36. The number of nitrogens with zero attached hydrogens (tertiary/aromatic N) is 1. The Hall–Kier alpha value is -2.03. The number of amides is 2. The van der Waals surface area contributed by atoms with Crippen LogP contribution >= 0.6 is 0 Å². The average Bonchev–Trinajstić information content (AvgIpc) is 2.91. The number of carbonyl (C=O) groups excluding carboxylic acids is 2. The van der Waals surface area contributed by atoms with E-state index in [4.69, 9.17) is 9.47 Å². The molecule has 8 heteroatoms. The van der Waals surface area contributed by atoms with E-state index in [1.165, 1.54) is 19.1 Å². The Morgan fingerprint density at radius 2 is 1.78 bits per heavy atom. The summed E-state index contributed by atoms with van der Waals surface area (Å²) < 4.78 is 24.6. The van der Waals surface area contributed by atoms with E-state index in [2.05, 4.69) is 10.6 Å². The summed E-state index contributed by atoms with van der Waals surface area (Å²) in [5, 5.41) is 5.70. The van der Waals surface area contributed by atoms with Crippen LogP contribution in [0.4, 0.5) is 4.39 Å². The average molecular weight is 379 g/mol. The normalized spacial score (nSPS) is 23.5. The molecule has 0 saturated carbocycles. The van der Waals surface area contributed by atoms with E-state index in [0.29, 0.717) is 39.3 Å². The number of hydrogen-bond acceptors (Lipinski definition) is 5. The van der Waals surface area contributed by atoms with Gasteiger partial charge in [-0.1, -0.05) is 12.1 Å². The van der Waals surface area contributed by atoms with Crippen molar-refractivity contribution in [3.05, 3.63) is 35.6 Å². The highest BCUT2D eigenvalue weighted by Crippen LogP contribution is 2.19. The molecule has 1 aromatic carbocycles. The summed E-state index contributed by atoms with van der Waals surface area (Å²) in [6.45, 7) is 4.36. The molecule has 0 aliphatic carbocycles. The van der Waals surface area contributed by atoms with Crippen LogP contribution in [0.5, 0.6) is 0 Å². The van der Waals surface area contributed by atoms with E-state index >= 15 is 0 Å². The quantitative estimate of drug-likeness (QED) is 0.732. The van der Waals surface area contributed by atoms with Gasteiger partial charge in [-0.05, 0) is 24.1 Å². The number of hydrogen-bond donors (Lipinski definition) is 2. The van der Waals surface area contributed by atoms with Gasteiger partial charge in [0.25, 0.3) is 0 Å². The van der Waals surface area contributed by atoms with Crippen LogP contribution in [0.2, 0.25) is 0 Å². The second-order valence-corrected chi connectivity index (χ2v) is 7.06. The fraction of sp³-hybridized carbons (Fsp3) is 0.579. The maximum absolute atomic E-state index is 12.9. The molecular formula is C19H26FN3O4. The van der Waals surface area contributed by atoms with Crippen molar-refractivity contribution in [2.45, 2.75) is 31.6 Å². The Morgan fingerprint density at radius 3 is 2.37 bits per heavy atom. The van der Waals surface area contributed by atoms with Crippen molar-refractivity contribution in [2.75, 3.05) is 39.4 Å². The lowest BCUT2D eigenvalue weighted by atomic mass is 10.1. The van der Waals surface area contributed by atoms with E-state index in [9.17, 15) is 14.0 Å². The molecule has 2 aliphatic rings. The van der Waals surface area contributed by atoms with E-state index in [0.717, 1.165) is 5.56 Å². The minimum atomic E-state index is -0.262. The Labute approximate surface area is 158 Å². The second kappa shape index (κ2) is 9.25. The number of ether oxygens (including phenoxy) is 2. The largest absolute Gasteiger partial charge is 0.372 e. The molecular weight excluding hydrogens is 353 g/mol. The van der Waals surface area contributed by atoms with Crippen molar-refractivity contribution in [2.24, 2.45) is 0 Å². The van der Waals surface area contributed by atoms with Gasteiger partial charge >= 0.3 is 0 Å². The molecule has 2 atom stereocenters. The van der Waals surface area contributed by atoms with Crippen molar-refractivity contribution in [3.8, 4) is 0 Å². The van der Waals surface area contributed by atoms with Gasteiger partial charge in [0.2, 0.25) is 11.8 Å². The molecule has 7 nitrogen and oxygen atoms in total. The number of nitrogens with one attached hydrogen (secondary N) is 2. The van der Waals surface area contributed by atoms with Crippen molar-refractivity contribution >= 4 is 11.8 Å². The molecule has 0 radical (unpaired) electrons. The first-order valence-electron chi connectivity index (χ1n) is 9.23. The zero-order valence-electron chi connectivity index (χ0n) is 15.4. The van der Waals surface area contributed by atoms with E-state index < -0.39 is 0 Å². The number of fused-ring (bicyclic) bond motifs is 1. The minimum Gasteiger partial charge on any atom is -0.372 e. The van der Waals surface area contributed by atoms with Crippen LogP contribution in [0, 0.1) is 5.82 Å². The first-order valence-corrected chi connectivity index (χ1v) is 9.23. The number of carbonyl (C=O) groups is 2. The highest BCUT2D eigenvalue weighted by molar-refractivity contribution is 5.78. The molecule has 2 heterocycles. The molecule has 0 unspecified atom stereocenters. The molecule has 2 fully saturated rings. The van der Waals surface area contributed by atoms with Gasteiger partial charge in [0, 0.05) is 26.6 Å². The third-order valence-electron chi connectivity index (χ3n) is 4.74. The SMILES string of the molecule is CC(=O)NC1CO[C@H]2CN(CC(=O)NCCc3ccc(F)cc3)C[C@@H]2OC1. The van der Waals surface area contributed by atoms with Crippen LogP contribution in [0.1, 0.15) is 12.5 Å². The monoisotopic (exact) mass is 379 g/mol. The zero-order valence-corrected chi connectivity index (χ0v) is 15.4. The van der Waals surface area contributed by atoms with Crippen LogP contribution in [0.25, 0.3) is 0 Å². The third-order valence-corrected chi connectivity index (χ3v) is 4.74. The Morgan fingerprint density at radius 1 is 1.15 bits per heavy atom. The lowest BCUT2D eigenvalue weighted by Crippen LogP contribution is -2.41. The molecule has 0 aromatic heterocycles. The topological polar surface area (TPSA) is 79.9 Å². The molecule has 0 spiro atoms. The lowest BCUT2D eigenvalue weighted by Gasteiger charge is -2.18. The van der Waals surface area contributed by atoms with Gasteiger partial charge in [-0.2, -0.15) is 0 Å². The molecule has 27 heavy (non-hydrogen) atoms. The first-order chi connectivity index (χ1) is 13.0. The van der Waals surface area contributed by atoms with Crippen molar-refractivity contribution in [1.29, 1.82) is 0 Å². The number of likely N-dealkylation sites (tertiary alicyclic amines) is 1. The van der Waals surface area contributed by atoms with E-state index in [1.54, 1.807) is 12.1 Å². The Bertz CT molecular complexity index is 639. The van der Waals surface area contributed by atoms with Crippen LogP contribution in [-0.4, -0.2) is 74.4 Å². The summed E-state index contributed by atoms with van der Waals surface area (Å²) in [5.41, 5.74) is 0.982. The standard InChI is InChI=1S/C19H26FN3O4/c1-13(24)22-16-11-26-17-8-23(9-18(17)27-12-16)10-19(25)21-7-6-14-2-4-15(20)5-3-14/h2-5,16-18H,6-12H2,1H3,(H,21,25)(H,22,24)/t17-,18-/m0/s1. The maximum Gasteiger partial charge on any atom is 0.234 e. The molecule has 2 amide bonds. The summed E-state index contributed by atoms with van der Waals surface area (Å²) in [4.78, 5) is 25.3. The summed E-state index contributed by atoms with van der Waals surface area (Å²) in [5.74, 6) is -0.412. The Kier molecular flexibility index (Phi) is 6.76. The van der Waals surface area contributed by atoms with Crippen molar-refractivity contribution in [3.63, 3.8) is 0 Å². The zero-order chi connectivity index (χ0) is 19.2. The molecule has 3 rings (SSSR count). The molecule has 2 N–H and O–H groups in total. The first kappa shape index (κ1) is 19.7. The molecule has 2 saturated heterocycles. The van der Waals surface area contributed by atoms with Gasteiger partial charge in [0.15, 0.2) is 0 Å². The van der Waals surface area contributed by atoms with Gasteiger partial charge in [0.05, 0.1) is 38.0 Å². The summed E-state index contributed by atoms with van der Waals surface area (Å²) >= 11 is 0. The van der Waals surface area contributed by atoms with Gasteiger partial charge in [-0.3, -0.25) is 14.5 Å². The van der Waals surface area contributed by atoms with E-state index in [-0.39, 0.29) is 42.4 Å². The van der Waals surface area contributed by atoms with E-state index in [1.807, 2.05) is 4.90 Å².